The minimum atomic E-state index is -1.26. The number of rotatable bonds is 2. The van der Waals surface area contributed by atoms with Crippen LogP contribution in [0.5, 0.6) is 0 Å². The van der Waals surface area contributed by atoms with E-state index in [9.17, 15) is 14.4 Å². The van der Waals surface area contributed by atoms with E-state index in [0.29, 0.717) is 16.1 Å². The van der Waals surface area contributed by atoms with Crippen molar-refractivity contribution in [3.63, 3.8) is 0 Å². The van der Waals surface area contributed by atoms with E-state index in [4.69, 9.17) is 10.8 Å². The Bertz CT molecular complexity index is 760. The Labute approximate surface area is 111 Å². The summed E-state index contributed by atoms with van der Waals surface area (Å²) in [4.78, 5) is 35.0. The molecule has 0 unspecified atom stereocenters. The molecule has 0 aliphatic heterocycles. The largest absolute Gasteiger partial charge is 0.478 e. The van der Waals surface area contributed by atoms with Gasteiger partial charge in [-0.15, -0.1) is 11.3 Å². The van der Waals surface area contributed by atoms with Gasteiger partial charge < -0.3 is 10.8 Å². The summed E-state index contributed by atoms with van der Waals surface area (Å²) < 4.78 is 0. The van der Waals surface area contributed by atoms with Gasteiger partial charge in [0.05, 0.1) is 16.0 Å². The van der Waals surface area contributed by atoms with Crippen LogP contribution in [0.25, 0.3) is 10.4 Å². The zero-order valence-electron chi connectivity index (χ0n) is 9.47. The van der Waals surface area contributed by atoms with E-state index in [1.807, 2.05) is 0 Å². The molecular formula is C13H7NO4S. The van der Waals surface area contributed by atoms with Gasteiger partial charge in [-0.3, -0.25) is 9.59 Å². The van der Waals surface area contributed by atoms with Crippen LogP contribution in [0.2, 0.25) is 0 Å². The quantitative estimate of drug-likeness (QED) is 0.644. The van der Waals surface area contributed by atoms with E-state index in [-0.39, 0.29) is 16.0 Å². The van der Waals surface area contributed by atoms with Crippen LogP contribution in [0, 0.1) is 0 Å². The Kier molecular flexibility index (Phi) is 2.30. The molecule has 94 valence electrons. The topological polar surface area (TPSA) is 97.5 Å². The Morgan fingerprint density at radius 1 is 1.11 bits per heavy atom. The molecule has 0 radical (unpaired) electrons. The molecule has 2 bridgehead atoms. The van der Waals surface area contributed by atoms with E-state index in [1.165, 1.54) is 0 Å². The predicted molar refractivity (Wildman–Crippen MR) is 69.8 cm³/mol. The number of anilines is 1. The molecule has 6 heteroatoms. The third-order valence-corrected chi connectivity index (χ3v) is 4.19. The van der Waals surface area contributed by atoms with Crippen molar-refractivity contribution in [3.05, 3.63) is 40.3 Å². The number of ketones is 2. The number of thiophene rings is 1. The van der Waals surface area contributed by atoms with Crippen molar-refractivity contribution in [2.75, 3.05) is 5.73 Å². The highest BCUT2D eigenvalue weighted by atomic mass is 32.1. The third-order valence-electron chi connectivity index (χ3n) is 2.97. The number of carboxylic acids is 1. The van der Waals surface area contributed by atoms with Crippen LogP contribution in [-0.2, 0) is 0 Å². The van der Waals surface area contributed by atoms with Crippen molar-refractivity contribution in [1.29, 1.82) is 0 Å². The van der Waals surface area contributed by atoms with Gasteiger partial charge in [0.25, 0.3) is 0 Å². The summed E-state index contributed by atoms with van der Waals surface area (Å²) >= 11 is 1.00. The first-order valence-electron chi connectivity index (χ1n) is 5.36. The number of hydrogen-bond acceptors (Lipinski definition) is 5. The number of carboxylic acid groups (broad SMARTS) is 1. The molecule has 2 aromatic rings. The fraction of sp³-hybridized carbons (Fsp3) is 0. The minimum absolute atomic E-state index is 0.00856. The zero-order chi connectivity index (χ0) is 13.7. The van der Waals surface area contributed by atoms with E-state index in [1.54, 1.807) is 24.3 Å². The number of nitrogen functional groups attached to an aromatic ring is 1. The van der Waals surface area contributed by atoms with Crippen LogP contribution in [0.1, 0.15) is 30.4 Å². The molecule has 0 saturated heterocycles. The fourth-order valence-electron chi connectivity index (χ4n) is 2.12. The summed E-state index contributed by atoms with van der Waals surface area (Å²) in [5.41, 5.74) is 6.62. The van der Waals surface area contributed by atoms with Gasteiger partial charge in [0.1, 0.15) is 0 Å². The molecule has 3 rings (SSSR count). The summed E-state index contributed by atoms with van der Waals surface area (Å²) in [7, 11) is 0. The van der Waals surface area contributed by atoms with Gasteiger partial charge in [0.15, 0.2) is 0 Å². The van der Waals surface area contributed by atoms with Crippen molar-refractivity contribution in [3.8, 4) is 10.4 Å². The van der Waals surface area contributed by atoms with Crippen molar-refractivity contribution < 1.29 is 19.5 Å². The van der Waals surface area contributed by atoms with Crippen LogP contribution in [0.3, 0.4) is 0 Å². The Balaban J connectivity index is 2.33. The molecule has 3 N–H and O–H groups in total. The van der Waals surface area contributed by atoms with Crippen molar-refractivity contribution in [1.82, 2.24) is 0 Å². The average Bonchev–Trinajstić information content (AvgIpc) is 2.86. The number of hydrogen-bond donors (Lipinski definition) is 2. The Morgan fingerprint density at radius 2 is 1.79 bits per heavy atom. The molecule has 1 heterocycles. The Hall–Kier alpha value is -2.47. The van der Waals surface area contributed by atoms with E-state index < -0.39 is 17.5 Å². The molecular weight excluding hydrogens is 266 g/mol. The molecule has 5 nitrogen and oxygen atoms in total. The van der Waals surface area contributed by atoms with E-state index in [0.717, 1.165) is 11.3 Å². The molecule has 0 atom stereocenters. The second kappa shape index (κ2) is 3.76. The van der Waals surface area contributed by atoms with Gasteiger partial charge in [0, 0.05) is 16.1 Å². The molecule has 1 aliphatic rings. The summed E-state index contributed by atoms with van der Waals surface area (Å²) in [6.07, 6.45) is 0. The first-order chi connectivity index (χ1) is 9.02. The number of benzene rings is 1. The molecule has 19 heavy (non-hydrogen) atoms. The third kappa shape index (κ3) is 1.43. The van der Waals surface area contributed by atoms with Gasteiger partial charge in [-0.05, 0) is 6.07 Å². The van der Waals surface area contributed by atoms with Crippen LogP contribution in [0.15, 0.2) is 24.3 Å². The number of Topliss-reactive ketones (excluding diaryl/α,β-unsaturated/α-hetero) is 2. The number of para-hydroxylation sites is 1. The maximum atomic E-state index is 11.8. The lowest BCUT2D eigenvalue weighted by Gasteiger charge is -2.06. The van der Waals surface area contributed by atoms with E-state index >= 15 is 0 Å². The fourth-order valence-corrected chi connectivity index (χ4v) is 3.40. The maximum Gasteiger partial charge on any atom is 0.338 e. The van der Waals surface area contributed by atoms with E-state index in [2.05, 4.69) is 0 Å². The molecule has 1 aliphatic carbocycles. The standard InChI is InChI=1S/C13H7NO4S/c14-6-4-2-1-3-5(6)11-7-8(13(17)18)12(19-11)10(16)9(7)15/h1-4H,14H2,(H,17,18). The number of nitrogens with two attached hydrogens (primary N) is 1. The second-order valence-electron chi connectivity index (χ2n) is 4.06. The van der Waals surface area contributed by atoms with Crippen LogP contribution in [-0.4, -0.2) is 22.6 Å². The van der Waals surface area contributed by atoms with Gasteiger partial charge in [-0.2, -0.15) is 0 Å². The number of carbonyl (C=O) groups excluding carboxylic acids is 2. The average molecular weight is 273 g/mol. The highest BCUT2D eigenvalue weighted by molar-refractivity contribution is 7.20. The van der Waals surface area contributed by atoms with Crippen molar-refractivity contribution in [2.24, 2.45) is 0 Å². The predicted octanol–water partition coefficient (Wildman–Crippen LogP) is 2.07. The summed E-state index contributed by atoms with van der Waals surface area (Å²) in [5, 5.41) is 9.12. The monoisotopic (exact) mass is 273 g/mol. The van der Waals surface area contributed by atoms with Gasteiger partial charge in [-0.1, -0.05) is 18.2 Å². The smallest absolute Gasteiger partial charge is 0.338 e. The highest BCUT2D eigenvalue weighted by Crippen LogP contribution is 2.44. The molecule has 0 fully saturated rings. The number of aromatic carboxylic acids is 1. The highest BCUT2D eigenvalue weighted by Gasteiger charge is 2.42. The summed E-state index contributed by atoms with van der Waals surface area (Å²) in [6.45, 7) is 0. The molecule has 1 aromatic carbocycles. The summed E-state index contributed by atoms with van der Waals surface area (Å²) in [6, 6.07) is 6.84. The summed E-state index contributed by atoms with van der Waals surface area (Å²) in [5.74, 6) is -2.76. The SMILES string of the molecule is Nc1ccccc1-c1sc2c(C(=O)O)c1C(=O)C2=O. The molecule has 0 amide bonds. The maximum absolute atomic E-state index is 11.8. The Morgan fingerprint density at radius 3 is 2.37 bits per heavy atom. The normalized spacial score (nSPS) is 13.1. The minimum Gasteiger partial charge on any atom is -0.478 e. The van der Waals surface area contributed by atoms with Crippen LogP contribution < -0.4 is 5.73 Å². The number of carbonyl (C=O) groups is 3. The van der Waals surface area contributed by atoms with Gasteiger partial charge >= 0.3 is 5.97 Å². The van der Waals surface area contributed by atoms with Crippen LogP contribution >= 0.6 is 11.3 Å². The van der Waals surface area contributed by atoms with Gasteiger partial charge in [-0.25, -0.2) is 4.79 Å². The molecule has 0 saturated carbocycles. The van der Waals surface area contributed by atoms with Crippen molar-refractivity contribution in [2.45, 2.75) is 0 Å². The lowest BCUT2D eigenvalue weighted by atomic mass is 10.0. The molecule has 0 spiro atoms. The van der Waals surface area contributed by atoms with Gasteiger partial charge in [0.2, 0.25) is 11.6 Å². The first-order valence-corrected chi connectivity index (χ1v) is 6.18. The number of fused-ring (bicyclic) bond motifs is 2. The molecule has 1 aromatic heterocycles. The lowest BCUT2D eigenvalue weighted by molar-refractivity contribution is 0.0694. The first kappa shape index (κ1) is 11.6. The van der Waals surface area contributed by atoms with Crippen LogP contribution in [0.4, 0.5) is 5.69 Å². The zero-order valence-corrected chi connectivity index (χ0v) is 10.3. The van der Waals surface area contributed by atoms with Crippen molar-refractivity contribution >= 4 is 34.6 Å². The lowest BCUT2D eigenvalue weighted by Crippen LogP contribution is -2.09. The second-order valence-corrected chi connectivity index (χ2v) is 5.08.